The van der Waals surface area contributed by atoms with Gasteiger partial charge in [-0.1, -0.05) is 49.4 Å². The van der Waals surface area contributed by atoms with Crippen molar-refractivity contribution in [3.63, 3.8) is 0 Å². The number of nitrogens with one attached hydrogen (secondary N) is 2. The third-order valence-corrected chi connectivity index (χ3v) is 6.74. The van der Waals surface area contributed by atoms with Crippen molar-refractivity contribution >= 4 is 32.4 Å². The fourth-order valence-corrected chi connectivity index (χ4v) is 4.90. The number of nitrogens with zero attached hydrogens (tertiary/aromatic N) is 2. The van der Waals surface area contributed by atoms with E-state index in [1.807, 2.05) is 24.3 Å². The van der Waals surface area contributed by atoms with E-state index in [0.717, 1.165) is 36.2 Å². The van der Waals surface area contributed by atoms with Crippen LogP contribution < -0.4 is 10.0 Å². The first-order valence-corrected chi connectivity index (χ1v) is 10.4. The molecular weight excluding hydrogens is 360 g/mol. The van der Waals surface area contributed by atoms with Gasteiger partial charge >= 0.3 is 0 Å². The number of carbonyl (C=O) groups excluding carboxylic acids is 1. The minimum Gasteiger partial charge on any atom is -0.300 e. The van der Waals surface area contributed by atoms with Gasteiger partial charge in [0.05, 0.1) is 0 Å². The van der Waals surface area contributed by atoms with Gasteiger partial charge in [-0.2, -0.15) is 0 Å². The number of benzene rings is 1. The van der Waals surface area contributed by atoms with Gasteiger partial charge in [0, 0.05) is 12.0 Å². The molecule has 3 rings (SSSR count). The van der Waals surface area contributed by atoms with Crippen LogP contribution in [0.15, 0.2) is 28.6 Å². The molecule has 2 N–H and O–H groups in total. The lowest BCUT2D eigenvalue weighted by Gasteiger charge is -2.25. The maximum absolute atomic E-state index is 12.6. The third kappa shape index (κ3) is 4.05. The van der Waals surface area contributed by atoms with E-state index in [4.69, 9.17) is 0 Å². The Bertz CT molecular complexity index is 877. The molecule has 1 aliphatic rings. The van der Waals surface area contributed by atoms with E-state index in [1.54, 1.807) is 13.8 Å². The molecule has 1 heterocycles. The zero-order chi connectivity index (χ0) is 18.0. The molecule has 0 aliphatic heterocycles. The Hall–Kier alpha value is -1.84. The summed E-state index contributed by atoms with van der Waals surface area (Å²) in [5, 5.41) is 10.2. The van der Waals surface area contributed by atoms with Crippen molar-refractivity contribution in [3.8, 4) is 0 Å². The highest BCUT2D eigenvalue weighted by atomic mass is 32.2. The molecule has 0 saturated carbocycles. The Kier molecular flexibility index (Phi) is 5.16. The molecule has 134 valence electrons. The Morgan fingerprint density at radius 2 is 2.04 bits per heavy atom. The summed E-state index contributed by atoms with van der Waals surface area (Å²) >= 11 is 0.851. The van der Waals surface area contributed by atoms with Gasteiger partial charge in [-0.3, -0.25) is 4.79 Å². The second-order valence-electron chi connectivity index (χ2n) is 6.28. The summed E-state index contributed by atoms with van der Waals surface area (Å²) in [4.78, 5) is 11.7. The number of anilines is 1. The Balaban J connectivity index is 1.77. The quantitative estimate of drug-likeness (QED) is 0.776. The molecular formula is C16H20N4O3S2. The van der Waals surface area contributed by atoms with Crippen molar-refractivity contribution < 1.29 is 13.2 Å². The van der Waals surface area contributed by atoms with Crippen LogP contribution in [0, 0.1) is 5.92 Å². The van der Waals surface area contributed by atoms with Crippen LogP contribution in [0.2, 0.25) is 0 Å². The monoisotopic (exact) mass is 380 g/mol. The van der Waals surface area contributed by atoms with Gasteiger partial charge in [0.15, 0.2) is 0 Å². The molecule has 1 amide bonds. The van der Waals surface area contributed by atoms with Crippen LogP contribution in [0.3, 0.4) is 0 Å². The molecule has 0 fully saturated rings. The molecule has 1 aromatic carbocycles. The van der Waals surface area contributed by atoms with Gasteiger partial charge in [-0.15, -0.1) is 10.2 Å². The van der Waals surface area contributed by atoms with Crippen LogP contribution in [0.1, 0.15) is 43.9 Å². The van der Waals surface area contributed by atoms with Crippen molar-refractivity contribution in [1.82, 2.24) is 14.9 Å². The van der Waals surface area contributed by atoms with E-state index in [1.165, 1.54) is 5.56 Å². The predicted molar refractivity (Wildman–Crippen MR) is 95.8 cm³/mol. The van der Waals surface area contributed by atoms with Crippen molar-refractivity contribution in [3.05, 3.63) is 35.4 Å². The fourth-order valence-electron chi connectivity index (χ4n) is 2.73. The topological polar surface area (TPSA) is 101 Å². The molecule has 0 saturated heterocycles. The standard InChI is InChI=1S/C16H20N4O3S2/c1-10(2)14(21)17-15-18-19-16(24-15)25(22,23)20-13-9-5-7-11-6-3-4-8-12(11)13/h3-4,6,8,10,13,20H,5,7,9H2,1-2H3,(H,17,18,21)/t13-/m0/s1. The van der Waals surface area contributed by atoms with Crippen LogP contribution >= 0.6 is 11.3 Å². The van der Waals surface area contributed by atoms with Crippen LogP contribution in [0.25, 0.3) is 0 Å². The third-order valence-electron chi connectivity index (χ3n) is 4.06. The van der Waals surface area contributed by atoms with Crippen LogP contribution in [0.4, 0.5) is 5.13 Å². The normalized spacial score (nSPS) is 17.3. The first-order chi connectivity index (χ1) is 11.9. The highest BCUT2D eigenvalue weighted by molar-refractivity contribution is 7.91. The van der Waals surface area contributed by atoms with Gasteiger partial charge in [0.25, 0.3) is 10.0 Å². The van der Waals surface area contributed by atoms with E-state index in [0.29, 0.717) is 0 Å². The summed E-state index contributed by atoms with van der Waals surface area (Å²) in [5.41, 5.74) is 2.18. The average Bonchev–Trinajstić information content (AvgIpc) is 3.04. The molecule has 1 aliphatic carbocycles. The predicted octanol–water partition coefficient (Wildman–Crippen LogP) is 2.49. The van der Waals surface area contributed by atoms with Crippen molar-refractivity contribution in [2.24, 2.45) is 5.92 Å². The lowest BCUT2D eigenvalue weighted by atomic mass is 9.88. The number of hydrogen-bond donors (Lipinski definition) is 2. The molecule has 0 unspecified atom stereocenters. The minimum absolute atomic E-state index is 0.144. The fraction of sp³-hybridized carbons (Fsp3) is 0.438. The molecule has 1 atom stereocenters. The van der Waals surface area contributed by atoms with Crippen molar-refractivity contribution in [1.29, 1.82) is 0 Å². The lowest BCUT2D eigenvalue weighted by Crippen LogP contribution is -2.31. The lowest BCUT2D eigenvalue weighted by molar-refractivity contribution is -0.118. The van der Waals surface area contributed by atoms with Gasteiger partial charge in [0.2, 0.25) is 15.4 Å². The molecule has 9 heteroatoms. The average molecular weight is 380 g/mol. The smallest absolute Gasteiger partial charge is 0.270 e. The molecule has 0 radical (unpaired) electrons. The van der Waals surface area contributed by atoms with E-state index in [2.05, 4.69) is 20.2 Å². The summed E-state index contributed by atoms with van der Waals surface area (Å²) in [5.74, 6) is -0.449. The highest BCUT2D eigenvalue weighted by Crippen LogP contribution is 2.31. The first kappa shape index (κ1) is 18.0. The summed E-state index contributed by atoms with van der Waals surface area (Å²) in [7, 11) is -3.79. The Labute approximate surface area is 150 Å². The van der Waals surface area contributed by atoms with Crippen LogP contribution in [-0.4, -0.2) is 24.5 Å². The molecule has 2 aromatic rings. The molecule has 0 bridgehead atoms. The second kappa shape index (κ2) is 7.19. The van der Waals surface area contributed by atoms with Crippen LogP contribution in [0.5, 0.6) is 0 Å². The molecule has 7 nitrogen and oxygen atoms in total. The number of hydrogen-bond acceptors (Lipinski definition) is 6. The number of carbonyl (C=O) groups is 1. The zero-order valence-electron chi connectivity index (χ0n) is 14.0. The maximum Gasteiger partial charge on any atom is 0.270 e. The van der Waals surface area contributed by atoms with Crippen LogP contribution in [-0.2, 0) is 21.2 Å². The summed E-state index contributed by atoms with van der Waals surface area (Å²) < 4.78 is 27.8. The van der Waals surface area contributed by atoms with E-state index >= 15 is 0 Å². The molecule has 1 aromatic heterocycles. The SMILES string of the molecule is CC(C)C(=O)Nc1nnc(S(=O)(=O)N[C@H]2CCCc3ccccc32)s1. The largest absolute Gasteiger partial charge is 0.300 e. The highest BCUT2D eigenvalue weighted by Gasteiger charge is 2.28. The molecule has 25 heavy (non-hydrogen) atoms. The number of aromatic nitrogens is 2. The zero-order valence-corrected chi connectivity index (χ0v) is 15.7. The summed E-state index contributed by atoms with van der Waals surface area (Å²) in [6, 6.07) is 7.59. The van der Waals surface area contributed by atoms with E-state index in [9.17, 15) is 13.2 Å². The van der Waals surface area contributed by atoms with Crippen molar-refractivity contribution in [2.45, 2.75) is 43.5 Å². The number of aryl methyl sites for hydroxylation is 1. The Morgan fingerprint density at radius 3 is 2.80 bits per heavy atom. The number of sulfonamides is 1. The summed E-state index contributed by atoms with van der Waals surface area (Å²) in [6.07, 6.45) is 2.63. The van der Waals surface area contributed by atoms with E-state index in [-0.39, 0.29) is 27.3 Å². The Morgan fingerprint density at radius 1 is 1.28 bits per heavy atom. The van der Waals surface area contributed by atoms with Gasteiger partial charge in [0.1, 0.15) is 0 Å². The van der Waals surface area contributed by atoms with E-state index < -0.39 is 10.0 Å². The molecule has 0 spiro atoms. The maximum atomic E-state index is 12.6. The summed E-state index contributed by atoms with van der Waals surface area (Å²) in [6.45, 7) is 3.49. The van der Waals surface area contributed by atoms with Crippen molar-refractivity contribution in [2.75, 3.05) is 5.32 Å². The first-order valence-electron chi connectivity index (χ1n) is 8.11. The number of rotatable bonds is 5. The minimum atomic E-state index is -3.79. The number of amides is 1. The van der Waals surface area contributed by atoms with Gasteiger partial charge < -0.3 is 5.32 Å². The number of fused-ring (bicyclic) bond motifs is 1. The van der Waals surface area contributed by atoms with Gasteiger partial charge in [-0.25, -0.2) is 13.1 Å². The second-order valence-corrected chi connectivity index (χ2v) is 9.15. The van der Waals surface area contributed by atoms with Gasteiger partial charge in [-0.05, 0) is 30.4 Å².